The minimum Gasteiger partial charge on any atom is -0.489 e. The lowest BCUT2D eigenvalue weighted by molar-refractivity contribution is 0.252. The van der Waals surface area contributed by atoms with Crippen molar-refractivity contribution in [3.63, 3.8) is 0 Å². The smallest absolute Gasteiger partial charge is 0.175 e. The van der Waals surface area contributed by atoms with E-state index in [-0.39, 0.29) is 11.6 Å². The minimum absolute atomic E-state index is 0.240. The Bertz CT molecular complexity index is 576. The number of imidazole rings is 1. The van der Waals surface area contributed by atoms with E-state index in [0.717, 1.165) is 12.1 Å². The molecule has 0 radical (unpaired) electrons. The van der Waals surface area contributed by atoms with Crippen LogP contribution in [0.1, 0.15) is 0 Å². The molecular formula is C11H14FN3OS. The second kappa shape index (κ2) is 4.85. The summed E-state index contributed by atoms with van der Waals surface area (Å²) in [5, 5.41) is 0. The summed E-state index contributed by atoms with van der Waals surface area (Å²) in [5.41, 5.74) is 1.39. The van der Waals surface area contributed by atoms with Crippen molar-refractivity contribution in [1.29, 1.82) is 0 Å². The number of nitrogens with one attached hydrogen (secondary N) is 2. The molecule has 92 valence electrons. The van der Waals surface area contributed by atoms with Gasteiger partial charge in [0.25, 0.3) is 0 Å². The molecule has 0 amide bonds. The second-order valence-electron chi connectivity index (χ2n) is 4.06. The van der Waals surface area contributed by atoms with Crippen LogP contribution in [0.25, 0.3) is 11.0 Å². The maximum absolute atomic E-state index is 13.6. The maximum Gasteiger partial charge on any atom is 0.175 e. The molecule has 1 heterocycles. The summed E-state index contributed by atoms with van der Waals surface area (Å²) < 4.78 is 19.5. The highest BCUT2D eigenvalue weighted by atomic mass is 32.1. The highest BCUT2D eigenvalue weighted by molar-refractivity contribution is 7.71. The molecule has 0 aliphatic carbocycles. The largest absolute Gasteiger partial charge is 0.489 e. The third kappa shape index (κ3) is 2.83. The summed E-state index contributed by atoms with van der Waals surface area (Å²) in [4.78, 5) is 7.76. The molecule has 2 N–H and O–H groups in total. The van der Waals surface area contributed by atoms with E-state index in [0.29, 0.717) is 16.9 Å². The van der Waals surface area contributed by atoms with Crippen LogP contribution in [0.5, 0.6) is 5.75 Å². The number of nitrogens with zero attached hydrogens (tertiary/aromatic N) is 1. The molecular weight excluding hydrogens is 241 g/mol. The summed E-state index contributed by atoms with van der Waals surface area (Å²) in [6, 6.07) is 3.00. The number of H-pyrrole nitrogens is 2. The second-order valence-corrected chi connectivity index (χ2v) is 4.47. The van der Waals surface area contributed by atoms with Gasteiger partial charge >= 0.3 is 0 Å². The summed E-state index contributed by atoms with van der Waals surface area (Å²) in [6.07, 6.45) is 0. The Kier molecular flexibility index (Phi) is 3.44. The summed E-state index contributed by atoms with van der Waals surface area (Å²) in [6.45, 7) is 1.18. The van der Waals surface area contributed by atoms with Crippen molar-refractivity contribution < 1.29 is 9.13 Å². The summed E-state index contributed by atoms with van der Waals surface area (Å²) in [7, 11) is 3.87. The Morgan fingerprint density at radius 1 is 1.29 bits per heavy atom. The number of fused-ring (bicyclic) bond motifs is 1. The van der Waals surface area contributed by atoms with Crippen LogP contribution in [0.2, 0.25) is 0 Å². The van der Waals surface area contributed by atoms with E-state index in [4.69, 9.17) is 17.0 Å². The van der Waals surface area contributed by atoms with Crippen molar-refractivity contribution >= 4 is 23.3 Å². The Morgan fingerprint density at radius 2 is 1.94 bits per heavy atom. The zero-order chi connectivity index (χ0) is 12.4. The van der Waals surface area contributed by atoms with Gasteiger partial charge in [0.15, 0.2) is 16.3 Å². The molecule has 0 aliphatic heterocycles. The lowest BCUT2D eigenvalue weighted by atomic mass is 10.3. The van der Waals surface area contributed by atoms with Gasteiger partial charge in [-0.25, -0.2) is 4.39 Å². The quantitative estimate of drug-likeness (QED) is 0.824. The molecule has 2 rings (SSSR count). The fourth-order valence-electron chi connectivity index (χ4n) is 1.48. The first-order valence-corrected chi connectivity index (χ1v) is 5.66. The molecule has 0 aliphatic rings. The van der Waals surface area contributed by atoms with Crippen molar-refractivity contribution in [3.05, 3.63) is 22.7 Å². The molecule has 0 saturated carbocycles. The number of aromatic amines is 2. The van der Waals surface area contributed by atoms with Crippen molar-refractivity contribution in [2.24, 2.45) is 0 Å². The number of aromatic nitrogens is 2. The zero-order valence-electron chi connectivity index (χ0n) is 9.71. The fraction of sp³-hybridized carbons (Fsp3) is 0.364. The molecule has 0 fully saturated rings. The molecule has 1 aromatic carbocycles. The number of likely N-dealkylation sites (N-methyl/N-ethyl adjacent to an activating group) is 1. The van der Waals surface area contributed by atoms with Crippen molar-refractivity contribution in [1.82, 2.24) is 14.9 Å². The lowest BCUT2D eigenvalue weighted by Gasteiger charge is -2.11. The van der Waals surface area contributed by atoms with E-state index in [9.17, 15) is 4.39 Å². The Hall–Kier alpha value is -1.40. The average molecular weight is 255 g/mol. The van der Waals surface area contributed by atoms with Crippen LogP contribution in [-0.4, -0.2) is 42.1 Å². The van der Waals surface area contributed by atoms with E-state index >= 15 is 0 Å². The van der Waals surface area contributed by atoms with Crippen LogP contribution < -0.4 is 4.74 Å². The standard InChI is InChI=1S/C11H14FN3OS/c1-15(2)3-4-16-10-6-9-8(5-7(10)12)13-11(17)14-9/h5-6H,3-4H2,1-2H3,(H2,13,14,17). The van der Waals surface area contributed by atoms with E-state index < -0.39 is 0 Å². The molecule has 4 nitrogen and oxygen atoms in total. The number of ether oxygens (including phenoxy) is 1. The summed E-state index contributed by atoms with van der Waals surface area (Å²) >= 11 is 4.94. The molecule has 1 aromatic heterocycles. The number of rotatable bonds is 4. The predicted octanol–water partition coefficient (Wildman–Crippen LogP) is 2.30. The van der Waals surface area contributed by atoms with Crippen LogP contribution in [-0.2, 0) is 0 Å². The van der Waals surface area contributed by atoms with E-state index in [1.165, 1.54) is 6.07 Å². The van der Waals surface area contributed by atoms with Crippen LogP contribution in [0.3, 0.4) is 0 Å². The van der Waals surface area contributed by atoms with Gasteiger partial charge in [-0.2, -0.15) is 0 Å². The van der Waals surface area contributed by atoms with Crippen LogP contribution >= 0.6 is 12.2 Å². The van der Waals surface area contributed by atoms with E-state index in [2.05, 4.69) is 9.97 Å². The predicted molar refractivity (Wildman–Crippen MR) is 67.5 cm³/mol. The fourth-order valence-corrected chi connectivity index (χ4v) is 1.70. The molecule has 2 aromatic rings. The van der Waals surface area contributed by atoms with Crippen molar-refractivity contribution in [2.45, 2.75) is 0 Å². The van der Waals surface area contributed by atoms with Gasteiger partial charge in [-0.05, 0) is 26.3 Å². The topological polar surface area (TPSA) is 44.0 Å². The molecule has 0 bridgehead atoms. The van der Waals surface area contributed by atoms with Crippen LogP contribution in [0, 0.1) is 10.6 Å². The molecule has 0 spiro atoms. The maximum atomic E-state index is 13.6. The molecule has 0 atom stereocenters. The van der Waals surface area contributed by atoms with Gasteiger partial charge < -0.3 is 19.6 Å². The minimum atomic E-state index is -0.387. The molecule has 17 heavy (non-hydrogen) atoms. The van der Waals surface area contributed by atoms with Gasteiger partial charge in [-0.15, -0.1) is 0 Å². The average Bonchev–Trinajstić information content (AvgIpc) is 2.57. The van der Waals surface area contributed by atoms with Gasteiger partial charge in [0.2, 0.25) is 0 Å². The first-order valence-electron chi connectivity index (χ1n) is 5.25. The van der Waals surface area contributed by atoms with Gasteiger partial charge in [0, 0.05) is 18.7 Å². The van der Waals surface area contributed by atoms with Crippen LogP contribution in [0.4, 0.5) is 4.39 Å². The molecule has 6 heteroatoms. The van der Waals surface area contributed by atoms with Crippen molar-refractivity contribution in [2.75, 3.05) is 27.2 Å². The number of benzene rings is 1. The SMILES string of the molecule is CN(C)CCOc1cc2[nH]c(=S)[nH]c2cc1F. The Morgan fingerprint density at radius 3 is 2.59 bits per heavy atom. The van der Waals surface area contributed by atoms with Crippen LogP contribution in [0.15, 0.2) is 12.1 Å². The Labute approximate surface area is 103 Å². The van der Waals surface area contributed by atoms with Gasteiger partial charge in [-0.1, -0.05) is 0 Å². The first-order chi connectivity index (χ1) is 8.06. The van der Waals surface area contributed by atoms with E-state index in [1.54, 1.807) is 6.07 Å². The summed E-state index contributed by atoms with van der Waals surface area (Å²) in [5.74, 6) is -0.147. The van der Waals surface area contributed by atoms with Gasteiger partial charge in [0.05, 0.1) is 11.0 Å². The third-order valence-corrected chi connectivity index (χ3v) is 2.57. The number of hydrogen-bond acceptors (Lipinski definition) is 3. The highest BCUT2D eigenvalue weighted by Crippen LogP contribution is 2.22. The van der Waals surface area contributed by atoms with E-state index in [1.807, 2.05) is 19.0 Å². The van der Waals surface area contributed by atoms with Gasteiger partial charge in [-0.3, -0.25) is 0 Å². The van der Waals surface area contributed by atoms with Gasteiger partial charge in [0.1, 0.15) is 6.61 Å². The first kappa shape index (κ1) is 12.1. The molecule has 0 unspecified atom stereocenters. The normalized spacial score (nSPS) is 11.3. The number of halogens is 1. The lowest BCUT2D eigenvalue weighted by Crippen LogP contribution is -2.19. The highest BCUT2D eigenvalue weighted by Gasteiger charge is 2.07. The zero-order valence-corrected chi connectivity index (χ0v) is 10.5. The Balaban J connectivity index is 2.21. The number of hydrogen-bond donors (Lipinski definition) is 2. The monoisotopic (exact) mass is 255 g/mol. The third-order valence-electron chi connectivity index (χ3n) is 2.36. The molecule has 0 saturated heterocycles. The van der Waals surface area contributed by atoms with Crippen molar-refractivity contribution in [3.8, 4) is 5.75 Å².